The van der Waals surface area contributed by atoms with Gasteiger partial charge in [-0.25, -0.2) is 4.98 Å². The Morgan fingerprint density at radius 1 is 1.39 bits per heavy atom. The second-order valence-corrected chi connectivity index (χ2v) is 7.37. The second kappa shape index (κ2) is 7.88. The fourth-order valence-electron chi connectivity index (χ4n) is 3.18. The third kappa shape index (κ3) is 4.30. The number of aryl methyl sites for hydroxylation is 1. The Balaban J connectivity index is 1.41. The number of piperidine rings is 1. The second-order valence-electron chi connectivity index (χ2n) is 6.25. The molecule has 0 bridgehead atoms. The minimum atomic E-state index is 0.314. The Morgan fingerprint density at radius 3 is 3.09 bits per heavy atom. The van der Waals surface area contributed by atoms with E-state index >= 15 is 0 Å². The van der Waals surface area contributed by atoms with Crippen LogP contribution in [-0.2, 0) is 11.2 Å². The highest BCUT2D eigenvalue weighted by Crippen LogP contribution is 2.23. The highest BCUT2D eigenvalue weighted by Gasteiger charge is 2.21. The van der Waals surface area contributed by atoms with Gasteiger partial charge in [0, 0.05) is 25.6 Å². The molecule has 1 aromatic carbocycles. The molecule has 4 nitrogen and oxygen atoms in total. The average Bonchev–Trinajstić information content (AvgIpc) is 3.01. The zero-order valence-electron chi connectivity index (χ0n) is 13.8. The number of nitrogens with zero attached hydrogens (tertiary/aromatic N) is 2. The lowest BCUT2D eigenvalue weighted by Crippen LogP contribution is -2.46. The number of hydrogen-bond acceptors (Lipinski definition) is 4. The lowest BCUT2D eigenvalue weighted by atomic mass is 10.0. The molecule has 0 radical (unpaired) electrons. The van der Waals surface area contributed by atoms with Crippen molar-refractivity contribution in [2.45, 2.75) is 44.6 Å². The number of likely N-dealkylation sites (tertiary alicyclic amines) is 1. The van der Waals surface area contributed by atoms with E-state index in [9.17, 15) is 4.79 Å². The van der Waals surface area contributed by atoms with Crippen LogP contribution < -0.4 is 5.32 Å². The number of likely N-dealkylation sites (N-methyl/N-ethyl adjacent to an activating group) is 1. The lowest BCUT2D eigenvalue weighted by molar-refractivity contribution is -0.132. The van der Waals surface area contributed by atoms with Crippen molar-refractivity contribution in [3.63, 3.8) is 0 Å². The van der Waals surface area contributed by atoms with Crippen molar-refractivity contribution in [3.8, 4) is 0 Å². The third-order valence-corrected chi connectivity index (χ3v) is 5.65. The van der Waals surface area contributed by atoms with Crippen molar-refractivity contribution in [1.29, 1.82) is 0 Å². The molecular weight excluding hydrogens is 306 g/mol. The molecule has 1 N–H and O–H groups in total. The summed E-state index contributed by atoms with van der Waals surface area (Å²) in [6.45, 7) is 1.79. The molecule has 124 valence electrons. The van der Waals surface area contributed by atoms with Crippen LogP contribution in [0.4, 0.5) is 0 Å². The average molecular weight is 331 g/mol. The Kier molecular flexibility index (Phi) is 5.62. The van der Waals surface area contributed by atoms with Crippen molar-refractivity contribution >= 4 is 27.5 Å². The monoisotopic (exact) mass is 331 g/mol. The number of unbranched alkanes of at least 4 members (excludes halogenated alkanes) is 1. The fraction of sp³-hybridized carbons (Fsp3) is 0.556. The molecule has 1 atom stereocenters. The molecule has 3 rings (SSSR count). The zero-order valence-corrected chi connectivity index (χ0v) is 14.6. The molecule has 0 saturated carbocycles. The van der Waals surface area contributed by atoms with Crippen molar-refractivity contribution in [3.05, 3.63) is 29.3 Å². The number of para-hydroxylation sites is 1. The number of thiazole rings is 1. The predicted molar refractivity (Wildman–Crippen MR) is 95.8 cm³/mol. The number of aromatic nitrogens is 1. The highest BCUT2D eigenvalue weighted by atomic mass is 32.1. The molecule has 23 heavy (non-hydrogen) atoms. The molecule has 1 amide bonds. The fourth-order valence-corrected chi connectivity index (χ4v) is 4.19. The molecule has 1 aromatic heterocycles. The largest absolute Gasteiger partial charge is 0.341 e. The van der Waals surface area contributed by atoms with Gasteiger partial charge in [0.25, 0.3) is 0 Å². The van der Waals surface area contributed by atoms with E-state index in [4.69, 9.17) is 0 Å². The topological polar surface area (TPSA) is 45.2 Å². The van der Waals surface area contributed by atoms with Crippen LogP contribution in [0.15, 0.2) is 24.3 Å². The minimum Gasteiger partial charge on any atom is -0.341 e. The van der Waals surface area contributed by atoms with Crippen molar-refractivity contribution in [1.82, 2.24) is 15.2 Å². The van der Waals surface area contributed by atoms with Crippen LogP contribution in [0.5, 0.6) is 0 Å². The first-order valence-corrected chi connectivity index (χ1v) is 9.37. The summed E-state index contributed by atoms with van der Waals surface area (Å²) in [4.78, 5) is 19.0. The van der Waals surface area contributed by atoms with E-state index in [0.717, 1.165) is 44.3 Å². The molecule has 0 spiro atoms. The number of rotatable bonds is 6. The number of carbonyl (C=O) groups is 1. The van der Waals surface area contributed by atoms with Gasteiger partial charge in [-0.05, 0) is 51.3 Å². The Labute approximate surface area is 141 Å². The number of benzene rings is 1. The molecule has 2 heterocycles. The maximum atomic E-state index is 12.3. The van der Waals surface area contributed by atoms with E-state index in [2.05, 4.69) is 28.5 Å². The lowest BCUT2D eigenvalue weighted by Gasteiger charge is -2.32. The highest BCUT2D eigenvalue weighted by molar-refractivity contribution is 7.18. The van der Waals surface area contributed by atoms with Crippen molar-refractivity contribution < 1.29 is 4.79 Å². The number of fused-ring (bicyclic) bond motifs is 1. The van der Waals surface area contributed by atoms with Gasteiger partial charge in [-0.15, -0.1) is 11.3 Å². The molecule has 0 aliphatic carbocycles. The first kappa shape index (κ1) is 16.4. The molecule has 1 fully saturated rings. The molecule has 1 unspecified atom stereocenters. The van der Waals surface area contributed by atoms with E-state index < -0.39 is 0 Å². The third-order valence-electron chi connectivity index (χ3n) is 4.55. The molecule has 2 aromatic rings. The van der Waals surface area contributed by atoms with Crippen LogP contribution in [0.25, 0.3) is 10.2 Å². The molecular formula is C18H25N3OS. The first-order chi connectivity index (χ1) is 11.3. The van der Waals surface area contributed by atoms with Gasteiger partial charge in [-0.1, -0.05) is 12.1 Å². The summed E-state index contributed by atoms with van der Waals surface area (Å²) in [7, 11) is 1.98. The number of hydrogen-bond donors (Lipinski definition) is 1. The summed E-state index contributed by atoms with van der Waals surface area (Å²) >= 11 is 1.77. The van der Waals surface area contributed by atoms with Gasteiger partial charge in [-0.2, -0.15) is 0 Å². The van der Waals surface area contributed by atoms with Gasteiger partial charge in [0.1, 0.15) is 0 Å². The van der Waals surface area contributed by atoms with Crippen LogP contribution in [0, 0.1) is 0 Å². The summed E-state index contributed by atoms with van der Waals surface area (Å²) < 4.78 is 1.25. The maximum Gasteiger partial charge on any atom is 0.222 e. The van der Waals surface area contributed by atoms with E-state index in [1.54, 1.807) is 11.3 Å². The Morgan fingerprint density at radius 2 is 2.26 bits per heavy atom. The zero-order chi connectivity index (χ0) is 16.1. The number of carbonyl (C=O) groups excluding carboxylic acids is 1. The standard InChI is InChI=1S/C18H25N3OS/c1-19-14-7-6-12-21(13-14)18(22)11-5-4-10-17-20-15-8-2-3-9-16(15)23-17/h2-3,8-9,14,19H,4-7,10-13H2,1H3. The van der Waals surface area contributed by atoms with Crippen molar-refractivity contribution in [2.24, 2.45) is 0 Å². The summed E-state index contributed by atoms with van der Waals surface area (Å²) in [6, 6.07) is 8.74. The van der Waals surface area contributed by atoms with Gasteiger partial charge >= 0.3 is 0 Å². The quantitative estimate of drug-likeness (QED) is 0.827. The van der Waals surface area contributed by atoms with Gasteiger partial charge < -0.3 is 10.2 Å². The van der Waals surface area contributed by atoms with Crippen LogP contribution in [0.2, 0.25) is 0 Å². The molecule has 1 aliphatic heterocycles. The van der Waals surface area contributed by atoms with E-state index in [-0.39, 0.29) is 0 Å². The summed E-state index contributed by atoms with van der Waals surface area (Å²) in [5.74, 6) is 0.314. The SMILES string of the molecule is CNC1CCCN(C(=O)CCCCc2nc3ccccc3s2)C1. The van der Waals surface area contributed by atoms with E-state index in [1.807, 2.05) is 18.0 Å². The summed E-state index contributed by atoms with van der Waals surface area (Å²) in [6.07, 6.45) is 5.93. The molecule has 1 saturated heterocycles. The molecule has 5 heteroatoms. The van der Waals surface area contributed by atoms with Crippen LogP contribution in [0.3, 0.4) is 0 Å². The van der Waals surface area contributed by atoms with Crippen LogP contribution >= 0.6 is 11.3 Å². The smallest absolute Gasteiger partial charge is 0.222 e. The van der Waals surface area contributed by atoms with Crippen molar-refractivity contribution in [2.75, 3.05) is 20.1 Å². The summed E-state index contributed by atoms with van der Waals surface area (Å²) in [5.41, 5.74) is 1.09. The maximum absolute atomic E-state index is 12.3. The first-order valence-electron chi connectivity index (χ1n) is 8.56. The number of amides is 1. The number of nitrogens with one attached hydrogen (secondary N) is 1. The Bertz CT molecular complexity index is 622. The molecule has 1 aliphatic rings. The van der Waals surface area contributed by atoms with Crippen LogP contribution in [-0.4, -0.2) is 42.0 Å². The van der Waals surface area contributed by atoms with Gasteiger partial charge in [0.2, 0.25) is 5.91 Å². The van der Waals surface area contributed by atoms with E-state index in [0.29, 0.717) is 18.4 Å². The normalized spacial score (nSPS) is 18.5. The Hall–Kier alpha value is -1.46. The summed E-state index contributed by atoms with van der Waals surface area (Å²) in [5, 5.41) is 4.48. The van der Waals surface area contributed by atoms with E-state index in [1.165, 1.54) is 16.1 Å². The van der Waals surface area contributed by atoms with Gasteiger partial charge in [-0.3, -0.25) is 4.79 Å². The van der Waals surface area contributed by atoms with Crippen LogP contribution in [0.1, 0.15) is 37.1 Å². The van der Waals surface area contributed by atoms with Gasteiger partial charge in [0.15, 0.2) is 0 Å². The van der Waals surface area contributed by atoms with Gasteiger partial charge in [0.05, 0.1) is 15.2 Å². The minimum absolute atomic E-state index is 0.314. The predicted octanol–water partition coefficient (Wildman–Crippen LogP) is 3.22.